The number of hydrogen-bond donors (Lipinski definition) is 0. The second kappa shape index (κ2) is 35.6. The summed E-state index contributed by atoms with van der Waals surface area (Å²) in [6, 6.07) is 0.494. The second-order valence-corrected chi connectivity index (χ2v) is 15.9. The number of aldehydes is 1. The minimum Gasteiger partial charge on any atom is -0.466 e. The maximum Gasteiger partial charge on any atom is 0.306 e. The number of rotatable bonds is 37. The average Bonchev–Trinajstić information content (AvgIpc) is 3.13. The fourth-order valence-corrected chi connectivity index (χ4v) is 8.07. The molecule has 1 heterocycles. The lowest BCUT2D eigenvalue weighted by molar-refractivity contribution is -0.150. The van der Waals surface area contributed by atoms with E-state index >= 15 is 0 Å². The van der Waals surface area contributed by atoms with Crippen LogP contribution < -0.4 is 0 Å². The van der Waals surface area contributed by atoms with Crippen molar-refractivity contribution < 1.29 is 23.9 Å². The lowest BCUT2D eigenvalue weighted by atomic mass is 9.82. The highest BCUT2D eigenvalue weighted by atomic mass is 16.5. The zero-order valence-corrected chi connectivity index (χ0v) is 34.3. The minimum atomic E-state index is -0.0385. The highest BCUT2D eigenvalue weighted by Crippen LogP contribution is 2.32. The number of ether oxygens (including phenoxy) is 2. The van der Waals surface area contributed by atoms with Gasteiger partial charge in [0.2, 0.25) is 0 Å². The zero-order valence-electron chi connectivity index (χ0n) is 34.3. The molecule has 1 fully saturated rings. The Morgan fingerprint density at radius 2 is 1.14 bits per heavy atom. The SMILES string of the molecule is CCCCCCCCCOC(=O)CCCCC1CCCN(CCC=O)C1CCCCCC(=O)OC(CCCCCCCC)CCCCCCCC. The predicted molar refractivity (Wildman–Crippen MR) is 215 cm³/mol. The van der Waals surface area contributed by atoms with E-state index in [-0.39, 0.29) is 18.0 Å². The Hall–Kier alpha value is -1.43. The Bertz CT molecular complexity index is 787. The largest absolute Gasteiger partial charge is 0.466 e. The third kappa shape index (κ3) is 27.8. The Morgan fingerprint density at radius 1 is 0.627 bits per heavy atom. The molecule has 6 nitrogen and oxygen atoms in total. The number of hydrogen-bond acceptors (Lipinski definition) is 6. The molecule has 0 N–H and O–H groups in total. The summed E-state index contributed by atoms with van der Waals surface area (Å²) in [5, 5.41) is 0. The molecule has 1 rings (SSSR count). The van der Waals surface area contributed by atoms with E-state index in [1.54, 1.807) is 0 Å². The zero-order chi connectivity index (χ0) is 37.0. The molecule has 0 bridgehead atoms. The minimum absolute atomic E-state index is 0.000976. The highest BCUT2D eigenvalue weighted by molar-refractivity contribution is 5.69. The van der Waals surface area contributed by atoms with Gasteiger partial charge < -0.3 is 14.3 Å². The van der Waals surface area contributed by atoms with Crippen molar-refractivity contribution >= 4 is 18.2 Å². The summed E-state index contributed by atoms with van der Waals surface area (Å²) in [7, 11) is 0. The van der Waals surface area contributed by atoms with Crippen LogP contribution in [0.2, 0.25) is 0 Å². The van der Waals surface area contributed by atoms with Gasteiger partial charge in [-0.25, -0.2) is 0 Å². The van der Waals surface area contributed by atoms with Crippen molar-refractivity contribution in [2.24, 2.45) is 5.92 Å². The molecule has 0 aliphatic carbocycles. The molecule has 51 heavy (non-hydrogen) atoms. The molecular weight excluding hydrogens is 634 g/mol. The van der Waals surface area contributed by atoms with Crippen molar-refractivity contribution in [2.75, 3.05) is 19.7 Å². The van der Waals surface area contributed by atoms with E-state index in [1.165, 1.54) is 122 Å². The predicted octanol–water partition coefficient (Wildman–Crippen LogP) is 12.9. The van der Waals surface area contributed by atoms with Gasteiger partial charge in [-0.15, -0.1) is 0 Å². The van der Waals surface area contributed by atoms with Gasteiger partial charge in [-0.05, 0) is 83.1 Å². The van der Waals surface area contributed by atoms with E-state index in [4.69, 9.17) is 9.47 Å². The molecule has 2 unspecified atom stereocenters. The number of likely N-dealkylation sites (tertiary alicyclic amines) is 1. The molecule has 2 atom stereocenters. The van der Waals surface area contributed by atoms with Crippen LogP contribution in [-0.4, -0.2) is 55.0 Å². The van der Waals surface area contributed by atoms with Gasteiger partial charge in [0.25, 0.3) is 0 Å². The number of carbonyl (C=O) groups excluding carboxylic acids is 3. The van der Waals surface area contributed by atoms with Crippen LogP contribution in [0.3, 0.4) is 0 Å². The summed E-state index contributed by atoms with van der Waals surface area (Å²) in [6.45, 7) is 9.25. The van der Waals surface area contributed by atoms with E-state index in [1.807, 2.05) is 0 Å². The summed E-state index contributed by atoms with van der Waals surface area (Å²) >= 11 is 0. The van der Waals surface area contributed by atoms with E-state index in [9.17, 15) is 14.4 Å². The van der Waals surface area contributed by atoms with Gasteiger partial charge in [0.1, 0.15) is 12.4 Å². The number of carbonyl (C=O) groups is 3. The van der Waals surface area contributed by atoms with E-state index in [0.717, 1.165) is 90.0 Å². The smallest absolute Gasteiger partial charge is 0.306 e. The van der Waals surface area contributed by atoms with Crippen LogP contribution in [0.15, 0.2) is 0 Å². The van der Waals surface area contributed by atoms with Gasteiger partial charge in [0, 0.05) is 31.8 Å². The van der Waals surface area contributed by atoms with E-state index in [2.05, 4.69) is 25.7 Å². The third-order valence-corrected chi connectivity index (χ3v) is 11.2. The van der Waals surface area contributed by atoms with Crippen LogP contribution in [0, 0.1) is 5.92 Å². The van der Waals surface area contributed by atoms with Gasteiger partial charge in [-0.2, -0.15) is 0 Å². The first-order valence-electron chi connectivity index (χ1n) is 22.6. The maximum atomic E-state index is 12.9. The molecule has 6 heteroatoms. The summed E-state index contributed by atoms with van der Waals surface area (Å²) in [4.78, 5) is 39.0. The molecule has 1 aliphatic heterocycles. The summed E-state index contributed by atoms with van der Waals surface area (Å²) < 4.78 is 11.6. The number of piperidine rings is 1. The molecule has 1 saturated heterocycles. The van der Waals surface area contributed by atoms with Crippen LogP contribution in [0.5, 0.6) is 0 Å². The van der Waals surface area contributed by atoms with Crippen molar-refractivity contribution in [3.8, 4) is 0 Å². The first-order chi connectivity index (χ1) is 25.0. The third-order valence-electron chi connectivity index (χ3n) is 11.2. The standard InChI is InChI=1S/C45H85NO5/c1-4-7-10-13-16-19-27-40-50-44(48)35-26-25-30-41-31-28-37-46(38-29-39-47)43(41)34-23-20-24-36-45(49)51-42(32-21-17-14-11-8-5-2)33-22-18-15-12-9-6-3/h39,41-43H,4-38,40H2,1-3H3. The van der Waals surface area contributed by atoms with Crippen LogP contribution in [0.4, 0.5) is 0 Å². The van der Waals surface area contributed by atoms with Crippen LogP contribution >= 0.6 is 0 Å². The van der Waals surface area contributed by atoms with Gasteiger partial charge in [-0.3, -0.25) is 14.5 Å². The highest BCUT2D eigenvalue weighted by Gasteiger charge is 2.30. The number of esters is 2. The molecular formula is C45H85NO5. The van der Waals surface area contributed by atoms with Gasteiger partial charge in [0.15, 0.2) is 0 Å². The summed E-state index contributed by atoms with van der Waals surface area (Å²) in [5.41, 5.74) is 0. The van der Waals surface area contributed by atoms with Crippen molar-refractivity contribution in [1.82, 2.24) is 4.90 Å². The molecule has 300 valence electrons. The first kappa shape index (κ1) is 47.6. The maximum absolute atomic E-state index is 12.9. The van der Waals surface area contributed by atoms with Gasteiger partial charge in [0.05, 0.1) is 6.61 Å². The van der Waals surface area contributed by atoms with Crippen molar-refractivity contribution in [2.45, 2.75) is 245 Å². The monoisotopic (exact) mass is 720 g/mol. The molecule has 0 spiro atoms. The quantitative estimate of drug-likeness (QED) is 0.0361. The first-order valence-corrected chi connectivity index (χ1v) is 22.6. The fourth-order valence-electron chi connectivity index (χ4n) is 8.07. The molecule has 0 aromatic carbocycles. The number of nitrogens with zero attached hydrogens (tertiary/aromatic N) is 1. The topological polar surface area (TPSA) is 72.9 Å². The molecule has 0 aromatic heterocycles. The molecule has 0 saturated carbocycles. The molecule has 1 aliphatic rings. The van der Waals surface area contributed by atoms with Crippen LogP contribution in [-0.2, 0) is 23.9 Å². The number of unbranched alkanes of at least 4 members (excludes halogenated alkanes) is 19. The Balaban J connectivity index is 2.41. The van der Waals surface area contributed by atoms with Crippen LogP contribution in [0.25, 0.3) is 0 Å². The Morgan fingerprint density at radius 3 is 1.75 bits per heavy atom. The fraction of sp³-hybridized carbons (Fsp3) is 0.933. The normalized spacial score (nSPS) is 16.5. The van der Waals surface area contributed by atoms with E-state index < -0.39 is 0 Å². The van der Waals surface area contributed by atoms with Crippen molar-refractivity contribution in [3.05, 3.63) is 0 Å². The van der Waals surface area contributed by atoms with E-state index in [0.29, 0.717) is 37.8 Å². The van der Waals surface area contributed by atoms with Crippen LogP contribution in [0.1, 0.15) is 233 Å². The lowest BCUT2D eigenvalue weighted by Crippen LogP contribution is -2.45. The Kier molecular flexibility index (Phi) is 33.2. The molecule has 0 radical (unpaired) electrons. The van der Waals surface area contributed by atoms with Crippen molar-refractivity contribution in [3.63, 3.8) is 0 Å². The summed E-state index contributed by atoms with van der Waals surface area (Å²) in [6.07, 6.45) is 38.4. The molecule has 0 aromatic rings. The lowest BCUT2D eigenvalue weighted by Gasteiger charge is -2.42. The van der Waals surface area contributed by atoms with Crippen molar-refractivity contribution in [1.29, 1.82) is 0 Å². The average molecular weight is 720 g/mol. The summed E-state index contributed by atoms with van der Waals surface area (Å²) in [5.74, 6) is 0.577. The Labute approximate surface area is 316 Å². The van der Waals surface area contributed by atoms with Gasteiger partial charge >= 0.3 is 11.9 Å². The van der Waals surface area contributed by atoms with Gasteiger partial charge in [-0.1, -0.05) is 143 Å². The second-order valence-electron chi connectivity index (χ2n) is 15.9. The molecule has 0 amide bonds.